The predicted octanol–water partition coefficient (Wildman–Crippen LogP) is 1.29. The Morgan fingerprint density at radius 3 is 2.94 bits per heavy atom. The molecule has 1 amide bonds. The van der Waals surface area contributed by atoms with Crippen molar-refractivity contribution in [1.82, 2.24) is 4.90 Å². The largest absolute Gasteiger partial charge is 0.497 e. The summed E-state index contributed by atoms with van der Waals surface area (Å²) < 4.78 is 5.05. The summed E-state index contributed by atoms with van der Waals surface area (Å²) in [5.74, 6) is 0.194. The van der Waals surface area contributed by atoms with Crippen LogP contribution in [0.2, 0.25) is 0 Å². The maximum absolute atomic E-state index is 12.2. The van der Waals surface area contributed by atoms with E-state index in [0.29, 0.717) is 22.9 Å². The van der Waals surface area contributed by atoms with Gasteiger partial charge >= 0.3 is 5.97 Å². The molecule has 0 spiro atoms. The molecule has 1 N–H and O–H groups in total. The summed E-state index contributed by atoms with van der Waals surface area (Å²) in [4.78, 5) is 24.6. The van der Waals surface area contributed by atoms with Gasteiger partial charge in [0, 0.05) is 11.3 Å². The molecule has 0 bridgehead atoms. The highest BCUT2D eigenvalue weighted by Gasteiger charge is 2.34. The second-order valence-electron chi connectivity index (χ2n) is 3.86. The quantitative estimate of drug-likeness (QED) is 0.894. The first-order valence-corrected chi connectivity index (χ1v) is 6.54. The minimum absolute atomic E-state index is 0.272. The first kappa shape index (κ1) is 12.8. The van der Waals surface area contributed by atoms with E-state index in [1.54, 1.807) is 24.3 Å². The van der Waals surface area contributed by atoms with Crippen LogP contribution in [-0.2, 0) is 4.79 Å². The van der Waals surface area contributed by atoms with Crippen LogP contribution in [0.1, 0.15) is 10.4 Å². The van der Waals surface area contributed by atoms with Gasteiger partial charge in [-0.2, -0.15) is 0 Å². The Labute approximate surface area is 109 Å². The van der Waals surface area contributed by atoms with E-state index in [1.165, 1.54) is 23.8 Å². The molecule has 0 aromatic heterocycles. The van der Waals surface area contributed by atoms with Crippen LogP contribution in [0.25, 0.3) is 0 Å². The molecule has 1 fully saturated rings. The average molecular weight is 267 g/mol. The average Bonchev–Trinajstić information content (AvgIpc) is 2.87. The summed E-state index contributed by atoms with van der Waals surface area (Å²) >= 11 is 1.44. The van der Waals surface area contributed by atoms with Crippen molar-refractivity contribution in [2.75, 3.05) is 18.7 Å². The van der Waals surface area contributed by atoms with Gasteiger partial charge in [0.25, 0.3) is 5.91 Å². The number of benzene rings is 1. The highest BCUT2D eigenvalue weighted by molar-refractivity contribution is 7.99. The molecule has 2 rings (SSSR count). The van der Waals surface area contributed by atoms with Crippen LogP contribution < -0.4 is 4.74 Å². The van der Waals surface area contributed by atoms with Gasteiger partial charge in [-0.3, -0.25) is 4.79 Å². The van der Waals surface area contributed by atoms with E-state index in [1.807, 2.05) is 0 Å². The van der Waals surface area contributed by atoms with E-state index in [0.717, 1.165) is 0 Å². The van der Waals surface area contributed by atoms with Gasteiger partial charge in [-0.1, -0.05) is 6.07 Å². The summed E-state index contributed by atoms with van der Waals surface area (Å²) in [6.45, 7) is 0. The van der Waals surface area contributed by atoms with Crippen molar-refractivity contribution in [3.05, 3.63) is 29.8 Å². The lowest BCUT2D eigenvalue weighted by atomic mass is 10.1. The number of carboxylic acids is 1. The number of hydrogen-bond donors (Lipinski definition) is 1. The number of carboxylic acid groups (broad SMARTS) is 1. The number of ether oxygens (including phenoxy) is 1. The van der Waals surface area contributed by atoms with Crippen LogP contribution in [-0.4, -0.2) is 46.7 Å². The summed E-state index contributed by atoms with van der Waals surface area (Å²) in [6.07, 6.45) is 0. The Morgan fingerprint density at radius 2 is 2.28 bits per heavy atom. The first-order valence-electron chi connectivity index (χ1n) is 5.39. The third-order valence-electron chi connectivity index (χ3n) is 2.74. The zero-order valence-electron chi connectivity index (χ0n) is 9.83. The van der Waals surface area contributed by atoms with Gasteiger partial charge in [0.05, 0.1) is 13.0 Å². The molecule has 96 valence electrons. The Morgan fingerprint density at radius 1 is 1.50 bits per heavy atom. The highest BCUT2D eigenvalue weighted by Crippen LogP contribution is 2.24. The molecule has 1 aromatic carbocycles. The topological polar surface area (TPSA) is 66.8 Å². The molecule has 0 aliphatic carbocycles. The smallest absolute Gasteiger partial charge is 0.327 e. The standard InChI is InChI=1S/C12H13NO4S/c1-17-9-4-2-3-8(5-9)11(14)13-7-18-6-10(13)12(15)16/h2-5,10H,6-7H2,1H3,(H,15,16). The highest BCUT2D eigenvalue weighted by atomic mass is 32.2. The van der Waals surface area contributed by atoms with Crippen molar-refractivity contribution in [3.63, 3.8) is 0 Å². The molecule has 6 heteroatoms. The van der Waals surface area contributed by atoms with E-state index in [2.05, 4.69) is 0 Å². The molecular formula is C12H13NO4S. The lowest BCUT2D eigenvalue weighted by Crippen LogP contribution is -2.41. The Balaban J connectivity index is 2.22. The molecule has 1 aromatic rings. The second kappa shape index (κ2) is 5.30. The number of amides is 1. The second-order valence-corrected chi connectivity index (χ2v) is 4.86. The van der Waals surface area contributed by atoms with Crippen molar-refractivity contribution in [1.29, 1.82) is 0 Å². The maximum Gasteiger partial charge on any atom is 0.327 e. The molecular weight excluding hydrogens is 254 g/mol. The molecule has 5 nitrogen and oxygen atoms in total. The van der Waals surface area contributed by atoms with Gasteiger partial charge in [0.1, 0.15) is 11.8 Å². The van der Waals surface area contributed by atoms with Crippen LogP contribution in [0.3, 0.4) is 0 Å². The molecule has 1 heterocycles. The number of nitrogens with zero attached hydrogens (tertiary/aromatic N) is 1. The van der Waals surface area contributed by atoms with Crippen molar-refractivity contribution in [3.8, 4) is 5.75 Å². The zero-order chi connectivity index (χ0) is 13.1. The number of carbonyl (C=O) groups is 2. The van der Waals surface area contributed by atoms with E-state index in [-0.39, 0.29) is 5.91 Å². The van der Waals surface area contributed by atoms with E-state index in [4.69, 9.17) is 9.84 Å². The minimum atomic E-state index is -0.962. The fourth-order valence-corrected chi connectivity index (χ4v) is 2.91. The number of aliphatic carboxylic acids is 1. The van der Waals surface area contributed by atoms with Crippen LogP contribution >= 0.6 is 11.8 Å². The SMILES string of the molecule is COc1cccc(C(=O)N2CSCC2C(=O)O)c1. The van der Waals surface area contributed by atoms with Crippen LogP contribution in [0.4, 0.5) is 0 Å². The fraction of sp³-hybridized carbons (Fsp3) is 0.333. The number of hydrogen-bond acceptors (Lipinski definition) is 4. The number of thioether (sulfide) groups is 1. The Bertz CT molecular complexity index is 477. The summed E-state index contributed by atoms with van der Waals surface area (Å²) in [5, 5.41) is 9.05. The summed E-state index contributed by atoms with van der Waals surface area (Å²) in [6, 6.07) is 5.99. The van der Waals surface area contributed by atoms with Crippen LogP contribution in [0, 0.1) is 0 Å². The monoisotopic (exact) mass is 267 g/mol. The fourth-order valence-electron chi connectivity index (χ4n) is 1.77. The lowest BCUT2D eigenvalue weighted by molar-refractivity contribution is -0.140. The van der Waals surface area contributed by atoms with Crippen LogP contribution in [0.15, 0.2) is 24.3 Å². The maximum atomic E-state index is 12.2. The Kier molecular flexibility index (Phi) is 3.76. The van der Waals surface area contributed by atoms with Gasteiger partial charge in [-0.25, -0.2) is 4.79 Å². The molecule has 0 saturated carbocycles. The van der Waals surface area contributed by atoms with Crippen molar-refractivity contribution >= 4 is 23.6 Å². The molecule has 1 unspecified atom stereocenters. The molecule has 1 aliphatic heterocycles. The van der Waals surface area contributed by atoms with Crippen molar-refractivity contribution < 1.29 is 19.4 Å². The molecule has 1 atom stereocenters. The van der Waals surface area contributed by atoms with Gasteiger partial charge in [0.15, 0.2) is 0 Å². The summed E-state index contributed by atoms with van der Waals surface area (Å²) in [5.41, 5.74) is 0.447. The molecule has 1 aliphatic rings. The van der Waals surface area contributed by atoms with Gasteiger partial charge in [0.2, 0.25) is 0 Å². The number of rotatable bonds is 3. The third kappa shape index (κ3) is 2.43. The van der Waals surface area contributed by atoms with Gasteiger partial charge in [-0.05, 0) is 18.2 Å². The predicted molar refractivity (Wildman–Crippen MR) is 67.9 cm³/mol. The minimum Gasteiger partial charge on any atom is -0.497 e. The van der Waals surface area contributed by atoms with E-state index >= 15 is 0 Å². The van der Waals surface area contributed by atoms with Gasteiger partial charge < -0.3 is 14.7 Å². The zero-order valence-corrected chi connectivity index (χ0v) is 10.6. The molecule has 1 saturated heterocycles. The number of methoxy groups -OCH3 is 1. The van der Waals surface area contributed by atoms with Crippen molar-refractivity contribution in [2.24, 2.45) is 0 Å². The lowest BCUT2D eigenvalue weighted by Gasteiger charge is -2.20. The third-order valence-corrected chi connectivity index (χ3v) is 3.76. The normalized spacial score (nSPS) is 18.7. The van der Waals surface area contributed by atoms with E-state index in [9.17, 15) is 9.59 Å². The van der Waals surface area contributed by atoms with Gasteiger partial charge in [-0.15, -0.1) is 11.8 Å². The van der Waals surface area contributed by atoms with Crippen LogP contribution in [0.5, 0.6) is 5.75 Å². The van der Waals surface area contributed by atoms with E-state index < -0.39 is 12.0 Å². The number of carbonyl (C=O) groups excluding carboxylic acids is 1. The van der Waals surface area contributed by atoms with Crippen molar-refractivity contribution in [2.45, 2.75) is 6.04 Å². The Hall–Kier alpha value is -1.69. The summed E-state index contributed by atoms with van der Waals surface area (Å²) in [7, 11) is 1.52. The first-order chi connectivity index (χ1) is 8.63. The molecule has 0 radical (unpaired) electrons. The molecule has 18 heavy (non-hydrogen) atoms.